The van der Waals surface area contributed by atoms with Crippen LogP contribution < -0.4 is 10.2 Å². The number of amides is 2. The summed E-state index contributed by atoms with van der Waals surface area (Å²) in [5, 5.41) is 2.65. The molecule has 0 saturated heterocycles. The maximum atomic E-state index is 13.9. The van der Waals surface area contributed by atoms with Crippen LogP contribution in [0.3, 0.4) is 0 Å². The summed E-state index contributed by atoms with van der Waals surface area (Å²) in [6, 6.07) is 15.1. The van der Waals surface area contributed by atoms with Crippen molar-refractivity contribution in [1.29, 1.82) is 0 Å². The van der Waals surface area contributed by atoms with Crippen LogP contribution in [-0.2, 0) is 20.9 Å². The Labute approximate surface area is 212 Å². The SMILES string of the molecule is Cc1cccc2c1N(CC(=O)C1CCCCC1)C(=O)[C@@H](NC(=O)OCc1ccccc1)N=C2C(C)C. The van der Waals surface area contributed by atoms with Crippen LogP contribution in [0, 0.1) is 18.8 Å². The molecular weight excluding hydrogens is 454 g/mol. The van der Waals surface area contributed by atoms with Crippen LogP contribution in [0.2, 0.25) is 0 Å². The van der Waals surface area contributed by atoms with Gasteiger partial charge in [0.05, 0.1) is 12.2 Å². The molecule has 36 heavy (non-hydrogen) atoms. The molecule has 0 spiro atoms. The molecule has 2 aliphatic rings. The van der Waals surface area contributed by atoms with Crippen LogP contribution >= 0.6 is 0 Å². The summed E-state index contributed by atoms with van der Waals surface area (Å²) in [6.07, 6.45) is 3.04. The van der Waals surface area contributed by atoms with Gasteiger partial charge in [0.25, 0.3) is 5.91 Å². The second kappa shape index (κ2) is 11.5. The van der Waals surface area contributed by atoms with E-state index in [1.165, 1.54) is 4.90 Å². The molecule has 1 saturated carbocycles. The van der Waals surface area contributed by atoms with E-state index in [4.69, 9.17) is 9.73 Å². The quantitative estimate of drug-likeness (QED) is 0.580. The van der Waals surface area contributed by atoms with Gasteiger partial charge in [-0.1, -0.05) is 81.6 Å². The molecule has 1 atom stereocenters. The Bertz CT molecular complexity index is 1140. The summed E-state index contributed by atoms with van der Waals surface area (Å²) in [7, 11) is 0. The van der Waals surface area contributed by atoms with E-state index in [-0.39, 0.29) is 30.8 Å². The Balaban J connectivity index is 1.62. The number of nitrogens with one attached hydrogen (secondary N) is 1. The molecule has 0 unspecified atom stereocenters. The zero-order valence-electron chi connectivity index (χ0n) is 21.3. The molecule has 1 heterocycles. The molecule has 1 aliphatic carbocycles. The van der Waals surface area contributed by atoms with Gasteiger partial charge in [-0.25, -0.2) is 4.79 Å². The molecule has 1 fully saturated rings. The molecule has 7 heteroatoms. The van der Waals surface area contributed by atoms with Crippen molar-refractivity contribution in [1.82, 2.24) is 5.32 Å². The van der Waals surface area contributed by atoms with E-state index in [2.05, 4.69) is 5.32 Å². The third-order valence-electron chi connectivity index (χ3n) is 6.94. The lowest BCUT2D eigenvalue weighted by Crippen LogP contribution is -2.49. The fourth-order valence-electron chi connectivity index (χ4n) is 5.04. The van der Waals surface area contributed by atoms with Crippen molar-refractivity contribution in [3.05, 3.63) is 65.2 Å². The first-order valence-corrected chi connectivity index (χ1v) is 12.8. The number of hydrogen-bond donors (Lipinski definition) is 1. The van der Waals surface area contributed by atoms with Crippen molar-refractivity contribution in [3.63, 3.8) is 0 Å². The van der Waals surface area contributed by atoms with Crippen molar-refractivity contribution in [2.75, 3.05) is 11.4 Å². The number of hydrogen-bond acceptors (Lipinski definition) is 5. The van der Waals surface area contributed by atoms with E-state index in [1.807, 2.05) is 69.3 Å². The number of rotatable bonds is 7. The topological polar surface area (TPSA) is 88.1 Å². The number of alkyl carbamates (subject to hydrolysis) is 1. The molecule has 1 N–H and O–H groups in total. The Morgan fingerprint density at radius 3 is 2.47 bits per heavy atom. The molecule has 0 aromatic heterocycles. The van der Waals surface area contributed by atoms with E-state index in [9.17, 15) is 14.4 Å². The van der Waals surface area contributed by atoms with Crippen LogP contribution in [-0.4, -0.2) is 36.2 Å². The average Bonchev–Trinajstić information content (AvgIpc) is 3.00. The van der Waals surface area contributed by atoms with Crippen molar-refractivity contribution in [3.8, 4) is 0 Å². The molecule has 190 valence electrons. The smallest absolute Gasteiger partial charge is 0.409 e. The second-order valence-corrected chi connectivity index (χ2v) is 9.97. The molecule has 2 amide bonds. The molecule has 4 rings (SSSR count). The summed E-state index contributed by atoms with van der Waals surface area (Å²) in [4.78, 5) is 46.1. The van der Waals surface area contributed by atoms with Gasteiger partial charge in [-0.15, -0.1) is 0 Å². The van der Waals surface area contributed by atoms with Gasteiger partial charge < -0.3 is 9.64 Å². The molecule has 2 aromatic rings. The Kier molecular flexibility index (Phi) is 8.18. The average molecular weight is 490 g/mol. The summed E-state index contributed by atoms with van der Waals surface area (Å²) in [5.41, 5.74) is 3.95. The van der Waals surface area contributed by atoms with Crippen molar-refractivity contribution in [2.24, 2.45) is 16.8 Å². The number of carbonyl (C=O) groups excluding carboxylic acids is 3. The number of Topliss-reactive ketones (excluding diaryl/α,β-unsaturated/α-hetero) is 1. The highest BCUT2D eigenvalue weighted by Crippen LogP contribution is 2.33. The predicted molar refractivity (Wildman–Crippen MR) is 140 cm³/mol. The Hall–Kier alpha value is -3.48. The normalized spacial score (nSPS) is 18.3. The van der Waals surface area contributed by atoms with Crippen molar-refractivity contribution >= 4 is 29.2 Å². The fourth-order valence-corrected chi connectivity index (χ4v) is 5.04. The number of aliphatic imine (C=N–C) groups is 1. The van der Waals surface area contributed by atoms with Crippen molar-refractivity contribution < 1.29 is 19.1 Å². The molecule has 1 aliphatic heterocycles. The molecule has 0 radical (unpaired) electrons. The number of aryl methyl sites for hydroxylation is 1. The lowest BCUT2D eigenvalue weighted by molar-refractivity contribution is -0.126. The summed E-state index contributed by atoms with van der Waals surface area (Å²) < 4.78 is 5.37. The van der Waals surface area contributed by atoms with Crippen LogP contribution in [0.25, 0.3) is 0 Å². The number of nitrogens with zero attached hydrogens (tertiary/aromatic N) is 2. The van der Waals surface area contributed by atoms with Crippen LogP contribution in [0.15, 0.2) is 53.5 Å². The molecule has 7 nitrogen and oxygen atoms in total. The first kappa shape index (κ1) is 25.6. The van der Waals surface area contributed by atoms with Gasteiger partial charge >= 0.3 is 6.09 Å². The number of fused-ring (bicyclic) bond motifs is 1. The van der Waals surface area contributed by atoms with Crippen LogP contribution in [0.1, 0.15) is 62.6 Å². The van der Waals surface area contributed by atoms with E-state index >= 15 is 0 Å². The second-order valence-electron chi connectivity index (χ2n) is 9.97. The highest BCUT2D eigenvalue weighted by atomic mass is 16.5. The summed E-state index contributed by atoms with van der Waals surface area (Å²) in [6.45, 7) is 5.99. The van der Waals surface area contributed by atoms with Gasteiger partial charge in [0.1, 0.15) is 6.61 Å². The molecule has 0 bridgehead atoms. The maximum Gasteiger partial charge on any atom is 0.409 e. The summed E-state index contributed by atoms with van der Waals surface area (Å²) in [5.74, 6) is -0.398. The highest BCUT2D eigenvalue weighted by Gasteiger charge is 2.36. The van der Waals surface area contributed by atoms with Crippen LogP contribution in [0.5, 0.6) is 0 Å². The van der Waals surface area contributed by atoms with Gasteiger partial charge in [0.15, 0.2) is 5.78 Å². The van der Waals surface area contributed by atoms with Gasteiger partial charge in [-0.05, 0) is 36.8 Å². The Morgan fingerprint density at radius 2 is 1.78 bits per heavy atom. The highest BCUT2D eigenvalue weighted by molar-refractivity contribution is 6.15. The number of benzene rings is 2. The van der Waals surface area contributed by atoms with Crippen LogP contribution in [0.4, 0.5) is 10.5 Å². The number of ether oxygens (including phenoxy) is 1. The predicted octanol–water partition coefficient (Wildman–Crippen LogP) is 5.19. The summed E-state index contributed by atoms with van der Waals surface area (Å²) >= 11 is 0. The third kappa shape index (κ3) is 5.83. The minimum absolute atomic E-state index is 0.00279. The van der Waals surface area contributed by atoms with Gasteiger partial charge in [0.2, 0.25) is 6.17 Å². The minimum Gasteiger partial charge on any atom is -0.445 e. The van der Waals surface area contributed by atoms with E-state index in [0.717, 1.165) is 48.8 Å². The van der Waals surface area contributed by atoms with Gasteiger partial charge in [0, 0.05) is 17.2 Å². The lowest BCUT2D eigenvalue weighted by Gasteiger charge is -2.29. The minimum atomic E-state index is -1.18. The van der Waals surface area contributed by atoms with E-state index in [0.29, 0.717) is 11.4 Å². The zero-order chi connectivity index (χ0) is 25.7. The lowest BCUT2D eigenvalue weighted by atomic mass is 9.86. The number of ketones is 1. The fraction of sp³-hybridized carbons (Fsp3) is 0.448. The molecular formula is C29H35N3O4. The number of carbonyl (C=O) groups is 3. The van der Waals surface area contributed by atoms with Gasteiger partial charge in [-0.2, -0.15) is 0 Å². The van der Waals surface area contributed by atoms with Crippen molar-refractivity contribution in [2.45, 2.75) is 65.6 Å². The third-order valence-corrected chi connectivity index (χ3v) is 6.94. The largest absolute Gasteiger partial charge is 0.445 e. The zero-order valence-corrected chi connectivity index (χ0v) is 21.3. The Morgan fingerprint density at radius 1 is 1.06 bits per heavy atom. The maximum absolute atomic E-state index is 13.9. The van der Waals surface area contributed by atoms with E-state index < -0.39 is 18.2 Å². The first-order chi connectivity index (χ1) is 17.3. The standard InChI is InChI=1S/C29H35N3O4/c1-19(2)25-23-16-10-11-20(3)26(23)32(17-24(33)22-14-8-5-9-15-22)28(34)27(30-25)31-29(35)36-18-21-12-6-4-7-13-21/h4,6-7,10-13,16,19,22,27H,5,8-9,14-15,17-18H2,1-3H3,(H,31,35)/t27-/m1/s1. The van der Waals surface area contributed by atoms with Gasteiger partial charge in [-0.3, -0.25) is 19.9 Å². The number of para-hydroxylation sites is 1. The number of benzodiazepines with no additional fused rings is 1. The first-order valence-electron chi connectivity index (χ1n) is 12.8. The molecule has 2 aromatic carbocycles. The number of anilines is 1. The van der Waals surface area contributed by atoms with E-state index in [1.54, 1.807) is 0 Å². The monoisotopic (exact) mass is 489 g/mol.